The average molecular weight is 343 g/mol. The average Bonchev–Trinajstić information content (AvgIpc) is 2.58. The highest BCUT2D eigenvalue weighted by Crippen LogP contribution is 2.25. The summed E-state index contributed by atoms with van der Waals surface area (Å²) in [6, 6.07) is 12.7. The Morgan fingerprint density at radius 2 is 1.76 bits per heavy atom. The lowest BCUT2D eigenvalue weighted by molar-refractivity contribution is -0.149. The molecule has 132 valence electrons. The Morgan fingerprint density at radius 1 is 1.00 bits per heavy atom. The smallest absolute Gasteiger partial charge is 0.344 e. The molecule has 25 heavy (non-hydrogen) atoms. The predicted octanol–water partition coefficient (Wildman–Crippen LogP) is 2.87. The highest BCUT2D eigenvalue weighted by Gasteiger charge is 2.11. The minimum atomic E-state index is -0.618. The van der Waals surface area contributed by atoms with Crippen LogP contribution in [-0.2, 0) is 14.3 Å². The summed E-state index contributed by atoms with van der Waals surface area (Å²) in [5, 5.41) is 2.66. The van der Waals surface area contributed by atoms with E-state index < -0.39 is 18.5 Å². The molecule has 0 aliphatic heterocycles. The predicted molar refractivity (Wildman–Crippen MR) is 94.0 cm³/mol. The van der Waals surface area contributed by atoms with Gasteiger partial charge in [-0.25, -0.2) is 4.79 Å². The molecule has 0 saturated heterocycles. The number of hydrogen-bond acceptors (Lipinski definition) is 5. The van der Waals surface area contributed by atoms with Crippen LogP contribution >= 0.6 is 0 Å². The van der Waals surface area contributed by atoms with Crippen molar-refractivity contribution in [3.8, 4) is 11.5 Å². The van der Waals surface area contributed by atoms with Gasteiger partial charge in [-0.3, -0.25) is 4.79 Å². The van der Waals surface area contributed by atoms with Gasteiger partial charge in [-0.1, -0.05) is 18.2 Å². The minimum absolute atomic E-state index is 0.259. The summed E-state index contributed by atoms with van der Waals surface area (Å²) < 4.78 is 15.4. The highest BCUT2D eigenvalue weighted by atomic mass is 16.6. The Hall–Kier alpha value is -3.02. The van der Waals surface area contributed by atoms with Crippen LogP contribution in [0.2, 0.25) is 0 Å². The number of rotatable bonds is 7. The lowest BCUT2D eigenvalue weighted by atomic mass is 10.2. The number of methoxy groups -OCH3 is 1. The molecule has 0 aliphatic rings. The van der Waals surface area contributed by atoms with Crippen LogP contribution in [0.4, 0.5) is 5.69 Å². The van der Waals surface area contributed by atoms with Crippen molar-refractivity contribution in [2.24, 2.45) is 0 Å². The van der Waals surface area contributed by atoms with Gasteiger partial charge >= 0.3 is 5.97 Å². The Kier molecular flexibility index (Phi) is 6.39. The maximum atomic E-state index is 11.9. The van der Waals surface area contributed by atoms with Crippen molar-refractivity contribution in [1.29, 1.82) is 0 Å². The Morgan fingerprint density at radius 3 is 2.48 bits per heavy atom. The van der Waals surface area contributed by atoms with Gasteiger partial charge in [0.2, 0.25) is 0 Å². The van der Waals surface area contributed by atoms with Gasteiger partial charge in [0, 0.05) is 0 Å². The second-order valence-corrected chi connectivity index (χ2v) is 5.52. The lowest BCUT2D eigenvalue weighted by Crippen LogP contribution is -2.23. The van der Waals surface area contributed by atoms with Crippen LogP contribution in [0.25, 0.3) is 0 Å². The number of aryl methyl sites for hydroxylation is 2. The molecule has 0 heterocycles. The van der Waals surface area contributed by atoms with Crippen LogP contribution in [-0.4, -0.2) is 32.2 Å². The molecular formula is C19H21NO5. The van der Waals surface area contributed by atoms with E-state index in [0.717, 1.165) is 11.1 Å². The van der Waals surface area contributed by atoms with Crippen LogP contribution in [0.1, 0.15) is 11.1 Å². The summed E-state index contributed by atoms with van der Waals surface area (Å²) in [6.45, 7) is 3.17. The van der Waals surface area contributed by atoms with Crippen molar-refractivity contribution in [2.45, 2.75) is 13.8 Å². The summed E-state index contributed by atoms with van der Waals surface area (Å²) in [6.07, 6.45) is 0. The van der Waals surface area contributed by atoms with Crippen molar-refractivity contribution in [2.75, 3.05) is 25.6 Å². The number of esters is 1. The van der Waals surface area contributed by atoms with Crippen LogP contribution in [0.15, 0.2) is 42.5 Å². The second-order valence-electron chi connectivity index (χ2n) is 5.52. The third-order valence-electron chi connectivity index (χ3n) is 3.34. The minimum Gasteiger partial charge on any atom is -0.495 e. The monoisotopic (exact) mass is 343 g/mol. The maximum absolute atomic E-state index is 11.9. The molecule has 6 nitrogen and oxygen atoms in total. The zero-order valence-electron chi connectivity index (χ0n) is 14.5. The number of carbonyl (C=O) groups is 2. The van der Waals surface area contributed by atoms with Crippen molar-refractivity contribution < 1.29 is 23.8 Å². The third kappa shape index (κ3) is 5.84. The molecule has 0 aliphatic carbocycles. The number of ether oxygens (including phenoxy) is 3. The summed E-state index contributed by atoms with van der Waals surface area (Å²) in [7, 11) is 1.52. The van der Waals surface area contributed by atoms with E-state index in [4.69, 9.17) is 14.2 Å². The number of benzene rings is 2. The lowest BCUT2D eigenvalue weighted by Gasteiger charge is -2.11. The van der Waals surface area contributed by atoms with Crippen molar-refractivity contribution in [3.63, 3.8) is 0 Å². The van der Waals surface area contributed by atoms with Crippen LogP contribution in [0.5, 0.6) is 11.5 Å². The Bertz CT molecular complexity index is 757. The quantitative estimate of drug-likeness (QED) is 0.783. The van der Waals surface area contributed by atoms with Crippen molar-refractivity contribution in [3.05, 3.63) is 53.6 Å². The molecule has 2 rings (SSSR count). The van der Waals surface area contributed by atoms with Crippen molar-refractivity contribution in [1.82, 2.24) is 0 Å². The molecule has 6 heteroatoms. The molecule has 0 fully saturated rings. The van der Waals surface area contributed by atoms with E-state index in [1.165, 1.54) is 7.11 Å². The van der Waals surface area contributed by atoms with Gasteiger partial charge in [0.15, 0.2) is 13.2 Å². The molecule has 2 aromatic carbocycles. The molecule has 0 unspecified atom stereocenters. The summed E-state index contributed by atoms with van der Waals surface area (Å²) in [4.78, 5) is 23.6. The van der Waals surface area contributed by atoms with Gasteiger partial charge in [-0.15, -0.1) is 0 Å². The van der Waals surface area contributed by atoms with E-state index in [1.54, 1.807) is 18.2 Å². The molecule has 0 bridgehead atoms. The molecule has 0 saturated carbocycles. The first-order valence-corrected chi connectivity index (χ1v) is 7.77. The summed E-state index contributed by atoms with van der Waals surface area (Å²) in [5.41, 5.74) is 2.52. The topological polar surface area (TPSA) is 73.9 Å². The van der Waals surface area contributed by atoms with Crippen LogP contribution in [0.3, 0.4) is 0 Å². The summed E-state index contributed by atoms with van der Waals surface area (Å²) >= 11 is 0. The van der Waals surface area contributed by atoms with E-state index in [-0.39, 0.29) is 6.61 Å². The SMILES string of the molecule is COc1ccc(C)cc1NC(=O)COC(=O)COc1cccc(C)c1. The fraction of sp³-hybridized carbons (Fsp3) is 0.263. The molecule has 0 atom stereocenters. The second kappa shape index (κ2) is 8.73. The van der Waals surface area contributed by atoms with Crippen LogP contribution < -0.4 is 14.8 Å². The molecule has 1 N–H and O–H groups in total. The fourth-order valence-electron chi connectivity index (χ4n) is 2.14. The normalized spacial score (nSPS) is 10.0. The van der Waals surface area contributed by atoms with E-state index in [1.807, 2.05) is 38.1 Å². The fourth-order valence-corrected chi connectivity index (χ4v) is 2.14. The number of carbonyl (C=O) groups excluding carboxylic acids is 2. The van der Waals surface area contributed by atoms with Crippen LogP contribution in [0, 0.1) is 13.8 Å². The highest BCUT2D eigenvalue weighted by molar-refractivity contribution is 5.94. The Balaban J connectivity index is 1.79. The third-order valence-corrected chi connectivity index (χ3v) is 3.34. The Labute approximate surface area is 146 Å². The summed E-state index contributed by atoms with van der Waals surface area (Å²) in [5.74, 6) is 0.0413. The number of hydrogen-bond donors (Lipinski definition) is 1. The molecule has 1 amide bonds. The van der Waals surface area contributed by atoms with E-state index in [0.29, 0.717) is 17.2 Å². The van der Waals surface area contributed by atoms with Gasteiger partial charge in [0.1, 0.15) is 11.5 Å². The van der Waals surface area contributed by atoms with E-state index in [2.05, 4.69) is 5.32 Å². The number of anilines is 1. The van der Waals surface area contributed by atoms with Gasteiger partial charge in [0.05, 0.1) is 12.8 Å². The first-order chi connectivity index (χ1) is 12.0. The largest absolute Gasteiger partial charge is 0.495 e. The zero-order valence-corrected chi connectivity index (χ0v) is 14.5. The van der Waals surface area contributed by atoms with Gasteiger partial charge < -0.3 is 19.5 Å². The molecule has 2 aromatic rings. The number of nitrogens with one attached hydrogen (secondary N) is 1. The maximum Gasteiger partial charge on any atom is 0.344 e. The standard InChI is InChI=1S/C19H21NO5/c1-13-5-4-6-15(9-13)24-12-19(22)25-11-18(21)20-16-10-14(2)7-8-17(16)23-3/h4-10H,11-12H2,1-3H3,(H,20,21). The first-order valence-electron chi connectivity index (χ1n) is 7.77. The van der Waals surface area contributed by atoms with E-state index >= 15 is 0 Å². The molecule has 0 radical (unpaired) electrons. The van der Waals surface area contributed by atoms with E-state index in [9.17, 15) is 9.59 Å². The molecular weight excluding hydrogens is 322 g/mol. The van der Waals surface area contributed by atoms with Crippen molar-refractivity contribution >= 4 is 17.6 Å². The first kappa shape index (κ1) is 18.3. The van der Waals surface area contributed by atoms with Gasteiger partial charge in [-0.2, -0.15) is 0 Å². The molecule has 0 spiro atoms. The number of amides is 1. The zero-order chi connectivity index (χ0) is 18.2. The van der Waals surface area contributed by atoms with Gasteiger partial charge in [-0.05, 0) is 49.2 Å². The van der Waals surface area contributed by atoms with Gasteiger partial charge in [0.25, 0.3) is 5.91 Å². The molecule has 0 aromatic heterocycles.